The Balaban J connectivity index is 2.31. The van der Waals surface area contributed by atoms with Crippen LogP contribution in [-0.4, -0.2) is 41.0 Å². The number of ether oxygens (including phenoxy) is 1. The third-order valence-corrected chi connectivity index (χ3v) is 4.29. The lowest BCUT2D eigenvalue weighted by molar-refractivity contribution is -0.148. The highest BCUT2D eigenvalue weighted by molar-refractivity contribution is 6.06. The quantitative estimate of drug-likeness (QED) is 0.564. The van der Waals surface area contributed by atoms with Crippen molar-refractivity contribution >= 4 is 22.8 Å². The van der Waals surface area contributed by atoms with Crippen LogP contribution < -0.4 is 5.32 Å². The maximum atomic E-state index is 12.9. The van der Waals surface area contributed by atoms with Crippen molar-refractivity contribution in [2.24, 2.45) is 5.41 Å². The standard InChI is InChI=1S/C20H28FN3O3/c1-5-27-19(26)17(20(2,3)4)22-18(25)16-14-10-6-7-11-15(14)24(23-16)13-9-8-12-21/h6-7,10-11,17H,5,8-9,12-13H2,1-4H3,(H,22,25). The zero-order valence-electron chi connectivity index (χ0n) is 16.4. The molecule has 1 N–H and O–H groups in total. The summed E-state index contributed by atoms with van der Waals surface area (Å²) in [5.74, 6) is -0.895. The Kier molecular flexibility index (Phi) is 6.93. The van der Waals surface area contributed by atoms with Crippen LogP contribution in [0.25, 0.3) is 10.9 Å². The Hall–Kier alpha value is -2.44. The summed E-state index contributed by atoms with van der Waals surface area (Å²) in [4.78, 5) is 25.2. The van der Waals surface area contributed by atoms with Crippen LogP contribution in [0.1, 0.15) is 51.0 Å². The number of hydrogen-bond donors (Lipinski definition) is 1. The number of unbranched alkanes of at least 4 members (excludes halogenated alkanes) is 1. The first-order valence-corrected chi connectivity index (χ1v) is 9.28. The van der Waals surface area contributed by atoms with Gasteiger partial charge in [0.25, 0.3) is 5.91 Å². The van der Waals surface area contributed by atoms with Crippen LogP contribution in [0.4, 0.5) is 4.39 Å². The van der Waals surface area contributed by atoms with E-state index in [9.17, 15) is 14.0 Å². The molecule has 7 heteroatoms. The average molecular weight is 377 g/mol. The van der Waals surface area contributed by atoms with E-state index in [0.717, 1.165) is 5.52 Å². The van der Waals surface area contributed by atoms with E-state index in [4.69, 9.17) is 4.74 Å². The number of fused-ring (bicyclic) bond motifs is 1. The number of para-hydroxylation sites is 1. The van der Waals surface area contributed by atoms with Crippen molar-refractivity contribution < 1.29 is 18.7 Å². The van der Waals surface area contributed by atoms with Gasteiger partial charge in [-0.3, -0.25) is 13.9 Å². The number of alkyl halides is 1. The number of benzene rings is 1. The van der Waals surface area contributed by atoms with Crippen LogP contribution in [0.5, 0.6) is 0 Å². The van der Waals surface area contributed by atoms with Crippen LogP contribution in [-0.2, 0) is 16.1 Å². The van der Waals surface area contributed by atoms with Gasteiger partial charge in [0.1, 0.15) is 6.04 Å². The lowest BCUT2D eigenvalue weighted by Gasteiger charge is -2.29. The second-order valence-corrected chi connectivity index (χ2v) is 7.51. The molecule has 0 spiro atoms. The molecule has 1 aromatic carbocycles. The van der Waals surface area contributed by atoms with Gasteiger partial charge in [-0.25, -0.2) is 4.79 Å². The summed E-state index contributed by atoms with van der Waals surface area (Å²) in [5, 5.41) is 7.91. The molecular formula is C20H28FN3O3. The second-order valence-electron chi connectivity index (χ2n) is 7.51. The van der Waals surface area contributed by atoms with E-state index in [1.807, 2.05) is 45.0 Å². The Labute approximate surface area is 159 Å². The van der Waals surface area contributed by atoms with Crippen molar-refractivity contribution in [3.8, 4) is 0 Å². The fourth-order valence-electron chi connectivity index (χ4n) is 2.88. The van der Waals surface area contributed by atoms with Gasteiger partial charge >= 0.3 is 5.97 Å². The van der Waals surface area contributed by atoms with Crippen LogP contribution in [0.2, 0.25) is 0 Å². The zero-order chi connectivity index (χ0) is 20.0. The van der Waals surface area contributed by atoms with E-state index in [1.54, 1.807) is 11.6 Å². The van der Waals surface area contributed by atoms with E-state index < -0.39 is 23.3 Å². The molecule has 0 bridgehead atoms. The molecule has 0 saturated carbocycles. The first-order chi connectivity index (χ1) is 12.8. The molecule has 2 aromatic rings. The van der Waals surface area contributed by atoms with Crippen molar-refractivity contribution in [3.63, 3.8) is 0 Å². The number of halogens is 1. The minimum Gasteiger partial charge on any atom is -0.464 e. The van der Waals surface area contributed by atoms with Crippen molar-refractivity contribution in [2.45, 2.75) is 53.1 Å². The number of esters is 1. The van der Waals surface area contributed by atoms with Gasteiger partial charge in [0.15, 0.2) is 5.69 Å². The molecule has 27 heavy (non-hydrogen) atoms. The molecule has 1 aromatic heterocycles. The molecule has 1 atom stereocenters. The number of carbonyl (C=O) groups excluding carboxylic acids is 2. The maximum absolute atomic E-state index is 12.9. The number of aryl methyl sites for hydroxylation is 1. The van der Waals surface area contributed by atoms with Gasteiger partial charge in [0.05, 0.1) is 18.8 Å². The van der Waals surface area contributed by atoms with Gasteiger partial charge in [-0.2, -0.15) is 5.10 Å². The Morgan fingerprint density at radius 1 is 1.26 bits per heavy atom. The molecule has 0 aliphatic heterocycles. The number of nitrogens with one attached hydrogen (secondary N) is 1. The first kappa shape index (κ1) is 20.9. The number of hydrogen-bond acceptors (Lipinski definition) is 4. The third kappa shape index (κ3) is 5.05. The highest BCUT2D eigenvalue weighted by atomic mass is 19.1. The van der Waals surface area contributed by atoms with Gasteiger partial charge < -0.3 is 10.1 Å². The summed E-state index contributed by atoms with van der Waals surface area (Å²) < 4.78 is 19.2. The van der Waals surface area contributed by atoms with Gasteiger partial charge in [-0.15, -0.1) is 0 Å². The van der Waals surface area contributed by atoms with E-state index in [0.29, 0.717) is 24.8 Å². The van der Waals surface area contributed by atoms with Crippen molar-refractivity contribution in [1.82, 2.24) is 15.1 Å². The van der Waals surface area contributed by atoms with Crippen LogP contribution >= 0.6 is 0 Å². The molecule has 6 nitrogen and oxygen atoms in total. The number of nitrogens with zero attached hydrogens (tertiary/aromatic N) is 2. The van der Waals surface area contributed by atoms with Gasteiger partial charge in [-0.1, -0.05) is 39.0 Å². The number of amides is 1. The monoisotopic (exact) mass is 377 g/mol. The molecule has 0 radical (unpaired) electrons. The average Bonchev–Trinajstić information content (AvgIpc) is 2.98. The minimum absolute atomic E-state index is 0.243. The molecule has 148 valence electrons. The minimum atomic E-state index is -0.791. The van der Waals surface area contributed by atoms with Crippen molar-refractivity contribution in [3.05, 3.63) is 30.0 Å². The summed E-state index contributed by atoms with van der Waals surface area (Å²) in [6, 6.07) is 6.61. The predicted octanol–water partition coefficient (Wildman–Crippen LogP) is 3.49. The maximum Gasteiger partial charge on any atom is 0.329 e. The lowest BCUT2D eigenvalue weighted by Crippen LogP contribution is -2.50. The highest BCUT2D eigenvalue weighted by Crippen LogP contribution is 2.23. The summed E-state index contributed by atoms with van der Waals surface area (Å²) in [7, 11) is 0. The highest BCUT2D eigenvalue weighted by Gasteiger charge is 2.35. The molecule has 0 fully saturated rings. The van der Waals surface area contributed by atoms with Gasteiger partial charge in [0, 0.05) is 11.9 Å². The predicted molar refractivity (Wildman–Crippen MR) is 102 cm³/mol. The lowest BCUT2D eigenvalue weighted by atomic mass is 9.86. The normalized spacial score (nSPS) is 12.8. The molecule has 2 rings (SSSR count). The van der Waals surface area contributed by atoms with E-state index >= 15 is 0 Å². The number of carbonyl (C=O) groups is 2. The van der Waals surface area contributed by atoms with Gasteiger partial charge in [0.2, 0.25) is 0 Å². The summed E-state index contributed by atoms with van der Waals surface area (Å²) in [6.07, 6.45) is 1.08. The summed E-state index contributed by atoms with van der Waals surface area (Å²) >= 11 is 0. The van der Waals surface area contributed by atoms with Gasteiger partial charge in [-0.05, 0) is 31.2 Å². The van der Waals surface area contributed by atoms with Crippen LogP contribution in [0, 0.1) is 5.41 Å². The summed E-state index contributed by atoms with van der Waals surface area (Å²) in [6.45, 7) is 7.71. The third-order valence-electron chi connectivity index (χ3n) is 4.29. The smallest absolute Gasteiger partial charge is 0.329 e. The first-order valence-electron chi connectivity index (χ1n) is 9.28. The van der Waals surface area contributed by atoms with E-state index in [2.05, 4.69) is 10.4 Å². The largest absolute Gasteiger partial charge is 0.464 e. The van der Waals surface area contributed by atoms with Crippen LogP contribution in [0.3, 0.4) is 0 Å². The number of rotatable bonds is 8. The van der Waals surface area contributed by atoms with Crippen LogP contribution in [0.15, 0.2) is 24.3 Å². The molecule has 1 unspecified atom stereocenters. The Morgan fingerprint density at radius 2 is 1.96 bits per heavy atom. The fourth-order valence-corrected chi connectivity index (χ4v) is 2.88. The van der Waals surface area contributed by atoms with E-state index in [1.165, 1.54) is 0 Å². The van der Waals surface area contributed by atoms with Crippen molar-refractivity contribution in [2.75, 3.05) is 13.3 Å². The topological polar surface area (TPSA) is 73.2 Å². The SMILES string of the molecule is CCOC(=O)C(NC(=O)c1nn(CCCCF)c2ccccc12)C(C)(C)C. The number of aromatic nitrogens is 2. The van der Waals surface area contributed by atoms with Crippen molar-refractivity contribution in [1.29, 1.82) is 0 Å². The second kappa shape index (κ2) is 8.97. The molecule has 0 saturated heterocycles. The molecule has 0 aliphatic rings. The Morgan fingerprint density at radius 3 is 2.59 bits per heavy atom. The van der Waals surface area contributed by atoms with E-state index in [-0.39, 0.29) is 19.0 Å². The molecule has 1 heterocycles. The fraction of sp³-hybridized carbons (Fsp3) is 0.550. The molecule has 0 aliphatic carbocycles. The zero-order valence-corrected chi connectivity index (χ0v) is 16.4. The Bertz CT molecular complexity index is 795. The summed E-state index contributed by atoms with van der Waals surface area (Å²) in [5.41, 5.74) is 0.552. The molecular weight excluding hydrogens is 349 g/mol. The molecule has 1 amide bonds.